The Morgan fingerprint density at radius 1 is 1.40 bits per heavy atom. The first-order valence-corrected chi connectivity index (χ1v) is 4.32. The van der Waals surface area contributed by atoms with Crippen LogP contribution in [0.4, 0.5) is 4.79 Å². The molecule has 0 aromatic heterocycles. The topological polar surface area (TPSA) is 85.0 Å². The Morgan fingerprint density at radius 3 is 2.60 bits per heavy atom. The molecule has 2 N–H and O–H groups in total. The first kappa shape index (κ1) is 11.0. The van der Waals surface area contributed by atoms with Crippen LogP contribution in [0.1, 0.15) is 0 Å². The minimum absolute atomic E-state index is 0.0354. The van der Waals surface area contributed by atoms with Gasteiger partial charge in [0.05, 0.1) is 11.8 Å². The van der Waals surface area contributed by atoms with E-state index in [0.717, 1.165) is 0 Å². The van der Waals surface area contributed by atoms with Gasteiger partial charge in [-0.2, -0.15) is 5.01 Å². The van der Waals surface area contributed by atoms with Crippen molar-refractivity contribution in [1.29, 1.82) is 0 Å². The number of urea groups is 1. The first-order valence-electron chi connectivity index (χ1n) is 4.32. The van der Waals surface area contributed by atoms with Crippen LogP contribution in [0.25, 0.3) is 0 Å². The van der Waals surface area contributed by atoms with Gasteiger partial charge in [0.1, 0.15) is 12.4 Å². The lowest BCUT2D eigenvalue weighted by atomic mass is 10.3. The van der Waals surface area contributed by atoms with Crippen molar-refractivity contribution in [2.24, 2.45) is 11.0 Å². The maximum absolute atomic E-state index is 10.6. The quantitative estimate of drug-likeness (QED) is 0.582. The van der Waals surface area contributed by atoms with Gasteiger partial charge in [-0.3, -0.25) is 0 Å². The van der Waals surface area contributed by atoms with Crippen LogP contribution >= 0.6 is 0 Å². The predicted octanol–water partition coefficient (Wildman–Crippen LogP) is 1.13. The van der Waals surface area contributed by atoms with E-state index in [1.165, 1.54) is 0 Å². The summed E-state index contributed by atoms with van der Waals surface area (Å²) < 4.78 is 5.24. The Morgan fingerprint density at radius 2 is 2.07 bits per heavy atom. The summed E-state index contributed by atoms with van der Waals surface area (Å²) in [6.45, 7) is 0.201. The fraction of sp³-hybridized carbons (Fsp3) is 0.222. The zero-order valence-corrected chi connectivity index (χ0v) is 8.00. The molecule has 1 aromatic rings. The molecular formula is C9H11N3O3. The number of amides is 2. The molecule has 0 atom stereocenters. The van der Waals surface area contributed by atoms with E-state index in [4.69, 9.17) is 10.5 Å². The minimum atomic E-state index is -0.887. The second kappa shape index (κ2) is 5.58. The second-order valence-electron chi connectivity index (χ2n) is 2.70. The van der Waals surface area contributed by atoms with E-state index in [0.29, 0.717) is 10.8 Å². The average molecular weight is 209 g/mol. The zero-order valence-electron chi connectivity index (χ0n) is 8.00. The Bertz CT molecular complexity index is 329. The van der Waals surface area contributed by atoms with Crippen LogP contribution in [-0.4, -0.2) is 24.2 Å². The summed E-state index contributed by atoms with van der Waals surface area (Å²) in [5, 5.41) is 3.05. The van der Waals surface area contributed by atoms with Crippen molar-refractivity contribution >= 4 is 6.03 Å². The summed E-state index contributed by atoms with van der Waals surface area (Å²) in [5.41, 5.74) is 4.86. The Kier molecular flexibility index (Phi) is 4.08. The average Bonchev–Trinajstić information content (AvgIpc) is 2.25. The number of carbonyl (C=O) groups is 1. The third kappa shape index (κ3) is 3.63. The lowest BCUT2D eigenvalue weighted by Gasteiger charge is -2.10. The van der Waals surface area contributed by atoms with Gasteiger partial charge < -0.3 is 10.5 Å². The molecule has 6 nitrogen and oxygen atoms in total. The summed E-state index contributed by atoms with van der Waals surface area (Å²) in [6, 6.07) is 8.14. The highest BCUT2D eigenvalue weighted by Gasteiger charge is 2.08. The molecule has 1 aromatic carbocycles. The third-order valence-corrected chi connectivity index (χ3v) is 1.67. The number of ether oxygens (including phenoxy) is 1. The molecular weight excluding hydrogens is 198 g/mol. The van der Waals surface area contributed by atoms with Crippen LogP contribution in [0.15, 0.2) is 35.6 Å². The first-order chi connectivity index (χ1) is 7.24. The maximum atomic E-state index is 10.6. The SMILES string of the molecule is NC(=O)N(CCOc1ccccc1)N=O. The van der Waals surface area contributed by atoms with Crippen LogP contribution in [0.3, 0.4) is 0 Å². The molecule has 0 aliphatic carbocycles. The standard InChI is InChI=1S/C9H11N3O3/c10-9(13)12(11-14)6-7-15-8-4-2-1-3-5-8/h1-5H,6-7H2,(H2,10,13). The van der Waals surface area contributed by atoms with E-state index >= 15 is 0 Å². The molecule has 1 rings (SSSR count). The highest BCUT2D eigenvalue weighted by molar-refractivity contribution is 5.71. The minimum Gasteiger partial charge on any atom is -0.492 e. The molecule has 6 heteroatoms. The zero-order chi connectivity index (χ0) is 11.1. The second-order valence-corrected chi connectivity index (χ2v) is 2.70. The number of nitrogens with zero attached hydrogens (tertiary/aromatic N) is 2. The van der Waals surface area contributed by atoms with Crippen molar-refractivity contribution in [1.82, 2.24) is 5.01 Å². The van der Waals surface area contributed by atoms with Gasteiger partial charge in [-0.1, -0.05) is 18.2 Å². The normalized spacial score (nSPS) is 9.33. The fourth-order valence-electron chi connectivity index (χ4n) is 0.958. The summed E-state index contributed by atoms with van der Waals surface area (Å²) in [4.78, 5) is 20.7. The summed E-state index contributed by atoms with van der Waals surface area (Å²) in [6.07, 6.45) is 0. The van der Waals surface area contributed by atoms with Crippen LogP contribution < -0.4 is 10.5 Å². The van der Waals surface area contributed by atoms with Crippen LogP contribution in [-0.2, 0) is 0 Å². The molecule has 0 radical (unpaired) electrons. The van der Waals surface area contributed by atoms with Gasteiger partial charge in [0.25, 0.3) is 0 Å². The Hall–Kier alpha value is -2.11. The van der Waals surface area contributed by atoms with Gasteiger partial charge in [0.15, 0.2) is 0 Å². The number of hydrogen-bond donors (Lipinski definition) is 1. The number of hydrogen-bond acceptors (Lipinski definition) is 4. The summed E-state index contributed by atoms with van der Waals surface area (Å²) in [7, 11) is 0. The van der Waals surface area contributed by atoms with E-state index in [9.17, 15) is 9.70 Å². The molecule has 0 heterocycles. The van der Waals surface area contributed by atoms with E-state index in [-0.39, 0.29) is 13.2 Å². The Balaban J connectivity index is 2.33. The molecule has 0 saturated carbocycles. The number of nitrogens with two attached hydrogens (primary N) is 1. The molecule has 0 aliphatic heterocycles. The maximum Gasteiger partial charge on any atom is 0.337 e. The van der Waals surface area contributed by atoms with Crippen LogP contribution in [0, 0.1) is 4.91 Å². The molecule has 0 unspecified atom stereocenters. The Labute approximate surface area is 86.6 Å². The van der Waals surface area contributed by atoms with Crippen molar-refractivity contribution in [3.05, 3.63) is 35.2 Å². The van der Waals surface area contributed by atoms with Gasteiger partial charge in [0.2, 0.25) is 0 Å². The smallest absolute Gasteiger partial charge is 0.337 e. The lowest BCUT2D eigenvalue weighted by Crippen LogP contribution is -2.33. The molecule has 0 fully saturated rings. The molecule has 2 amide bonds. The largest absolute Gasteiger partial charge is 0.492 e. The fourth-order valence-corrected chi connectivity index (χ4v) is 0.958. The molecule has 15 heavy (non-hydrogen) atoms. The van der Waals surface area contributed by atoms with Gasteiger partial charge in [-0.25, -0.2) is 4.79 Å². The molecule has 0 saturated heterocycles. The highest BCUT2D eigenvalue weighted by atomic mass is 16.5. The van der Waals surface area contributed by atoms with Crippen LogP contribution in [0.2, 0.25) is 0 Å². The van der Waals surface area contributed by atoms with E-state index < -0.39 is 6.03 Å². The van der Waals surface area contributed by atoms with E-state index in [2.05, 4.69) is 5.29 Å². The van der Waals surface area contributed by atoms with Crippen LogP contribution in [0.5, 0.6) is 5.75 Å². The lowest BCUT2D eigenvalue weighted by molar-refractivity contribution is 0.192. The monoisotopic (exact) mass is 209 g/mol. The summed E-state index contributed by atoms with van der Waals surface area (Å²) in [5.74, 6) is 0.660. The molecule has 0 spiro atoms. The van der Waals surface area contributed by atoms with Crippen molar-refractivity contribution in [2.45, 2.75) is 0 Å². The number of para-hydroxylation sites is 1. The number of benzene rings is 1. The van der Waals surface area contributed by atoms with E-state index in [1.54, 1.807) is 12.1 Å². The highest BCUT2D eigenvalue weighted by Crippen LogP contribution is 2.07. The molecule has 80 valence electrons. The molecule has 0 bridgehead atoms. The number of rotatable bonds is 5. The summed E-state index contributed by atoms with van der Waals surface area (Å²) >= 11 is 0. The number of primary amides is 1. The van der Waals surface area contributed by atoms with Gasteiger partial charge >= 0.3 is 6.03 Å². The van der Waals surface area contributed by atoms with Crippen molar-refractivity contribution < 1.29 is 9.53 Å². The number of carbonyl (C=O) groups excluding carboxylic acids is 1. The third-order valence-electron chi connectivity index (χ3n) is 1.67. The van der Waals surface area contributed by atoms with Gasteiger partial charge in [0, 0.05) is 0 Å². The van der Waals surface area contributed by atoms with Crippen molar-refractivity contribution in [3.8, 4) is 5.75 Å². The predicted molar refractivity (Wildman–Crippen MR) is 54.0 cm³/mol. The van der Waals surface area contributed by atoms with Crippen molar-refractivity contribution in [2.75, 3.05) is 13.2 Å². The molecule has 0 aliphatic rings. The van der Waals surface area contributed by atoms with Gasteiger partial charge in [-0.15, -0.1) is 4.91 Å². The van der Waals surface area contributed by atoms with Gasteiger partial charge in [-0.05, 0) is 12.1 Å². The van der Waals surface area contributed by atoms with Crippen molar-refractivity contribution in [3.63, 3.8) is 0 Å². The van der Waals surface area contributed by atoms with E-state index in [1.807, 2.05) is 18.2 Å². The number of nitroso groups, excluding NO2 is 1.